The molecule has 2 aromatic rings. The summed E-state index contributed by atoms with van der Waals surface area (Å²) in [6, 6.07) is 15.2. The van der Waals surface area contributed by atoms with Gasteiger partial charge in [0.2, 0.25) is 0 Å². The molecule has 1 nitrogen and oxygen atoms in total. The number of aryl methyl sites for hydroxylation is 1. The van der Waals surface area contributed by atoms with Crippen molar-refractivity contribution >= 4 is 17.3 Å². The fourth-order valence-electron chi connectivity index (χ4n) is 4.02. The van der Waals surface area contributed by atoms with Gasteiger partial charge in [-0.2, -0.15) is 0 Å². The average Bonchev–Trinajstić information content (AvgIpc) is 3.04. The number of fused-ring (bicyclic) bond motifs is 3. The fourth-order valence-corrected chi connectivity index (χ4v) is 4.27. The molecular weight excluding hydrogens is 290 g/mol. The number of hydrogen-bond acceptors (Lipinski definition) is 1. The van der Waals surface area contributed by atoms with Crippen LogP contribution in [0.5, 0.6) is 0 Å². The molecule has 0 saturated carbocycles. The van der Waals surface area contributed by atoms with Gasteiger partial charge in [0.1, 0.15) is 0 Å². The highest BCUT2D eigenvalue weighted by Crippen LogP contribution is 2.51. The number of benzene rings is 2. The van der Waals surface area contributed by atoms with E-state index in [2.05, 4.69) is 54.7 Å². The molecule has 2 aliphatic rings. The molecule has 1 N–H and O–H groups in total. The molecule has 112 valence electrons. The molecule has 1 aliphatic heterocycles. The van der Waals surface area contributed by atoms with Gasteiger partial charge in [-0.15, -0.1) is 0 Å². The maximum absolute atomic E-state index is 6.49. The van der Waals surface area contributed by atoms with Gasteiger partial charge in [0.25, 0.3) is 0 Å². The molecule has 1 aliphatic carbocycles. The lowest BCUT2D eigenvalue weighted by Gasteiger charge is -2.38. The van der Waals surface area contributed by atoms with Crippen LogP contribution in [-0.4, -0.2) is 0 Å². The van der Waals surface area contributed by atoms with Crippen LogP contribution in [-0.2, 0) is 6.42 Å². The number of allylic oxidation sites excluding steroid dienone is 2. The fraction of sp³-hybridized carbons (Fsp3) is 0.300. The SMILES string of the molecule is CCc1cccc2c1N[C@H](c1ccccc1Cl)[C@H]1CC=C[C@@H]21. The Morgan fingerprint density at radius 3 is 2.73 bits per heavy atom. The Balaban J connectivity index is 1.85. The highest BCUT2D eigenvalue weighted by Gasteiger charge is 2.38. The van der Waals surface area contributed by atoms with E-state index in [9.17, 15) is 0 Å². The van der Waals surface area contributed by atoms with Crippen molar-refractivity contribution in [2.24, 2.45) is 5.92 Å². The molecule has 0 unspecified atom stereocenters. The van der Waals surface area contributed by atoms with Crippen LogP contribution in [0.1, 0.15) is 42.0 Å². The molecule has 1 heterocycles. The summed E-state index contributed by atoms with van der Waals surface area (Å²) in [5, 5.41) is 4.68. The van der Waals surface area contributed by atoms with Crippen LogP contribution in [0.15, 0.2) is 54.6 Å². The minimum absolute atomic E-state index is 0.286. The Morgan fingerprint density at radius 2 is 1.91 bits per heavy atom. The van der Waals surface area contributed by atoms with Gasteiger partial charge in [-0.3, -0.25) is 0 Å². The second-order valence-corrected chi connectivity index (χ2v) is 6.64. The smallest absolute Gasteiger partial charge is 0.0568 e. The first-order valence-corrected chi connectivity index (χ1v) is 8.46. The molecule has 0 fully saturated rings. The van der Waals surface area contributed by atoms with Crippen molar-refractivity contribution in [3.8, 4) is 0 Å². The maximum Gasteiger partial charge on any atom is 0.0568 e. The first-order chi connectivity index (χ1) is 10.8. The first-order valence-electron chi connectivity index (χ1n) is 8.09. The molecule has 4 rings (SSSR count). The van der Waals surface area contributed by atoms with Crippen molar-refractivity contribution in [3.63, 3.8) is 0 Å². The predicted octanol–water partition coefficient (Wildman–Crippen LogP) is 5.73. The summed E-state index contributed by atoms with van der Waals surface area (Å²) in [6.07, 6.45) is 6.87. The van der Waals surface area contributed by atoms with Gasteiger partial charge in [-0.25, -0.2) is 0 Å². The van der Waals surface area contributed by atoms with E-state index in [1.54, 1.807) is 0 Å². The van der Waals surface area contributed by atoms with Gasteiger partial charge in [0, 0.05) is 16.6 Å². The molecule has 2 heteroatoms. The van der Waals surface area contributed by atoms with E-state index < -0.39 is 0 Å². The topological polar surface area (TPSA) is 12.0 Å². The van der Waals surface area contributed by atoms with E-state index in [0.29, 0.717) is 11.8 Å². The van der Waals surface area contributed by atoms with E-state index in [1.165, 1.54) is 22.4 Å². The maximum atomic E-state index is 6.49. The average molecular weight is 310 g/mol. The Kier molecular flexibility index (Phi) is 3.46. The molecule has 22 heavy (non-hydrogen) atoms. The summed E-state index contributed by atoms with van der Waals surface area (Å²) in [4.78, 5) is 0. The number of halogens is 1. The van der Waals surface area contributed by atoms with Crippen LogP contribution in [0.3, 0.4) is 0 Å². The summed E-state index contributed by atoms with van der Waals surface area (Å²) in [5.41, 5.74) is 5.39. The first kappa shape index (κ1) is 13.9. The van der Waals surface area contributed by atoms with E-state index in [4.69, 9.17) is 11.6 Å². The summed E-state index contributed by atoms with van der Waals surface area (Å²) < 4.78 is 0. The quantitative estimate of drug-likeness (QED) is 0.699. The molecule has 0 saturated heterocycles. The van der Waals surface area contributed by atoms with Crippen molar-refractivity contribution in [1.82, 2.24) is 0 Å². The van der Waals surface area contributed by atoms with Gasteiger partial charge in [0.05, 0.1) is 6.04 Å². The Hall–Kier alpha value is -1.73. The summed E-state index contributed by atoms with van der Waals surface area (Å²) in [6.45, 7) is 2.22. The Bertz CT molecular complexity index is 734. The van der Waals surface area contributed by atoms with Crippen LogP contribution in [0.4, 0.5) is 5.69 Å². The molecule has 0 spiro atoms. The standard InChI is InChI=1S/C20H20ClN/c1-2-13-7-5-10-15-14-9-6-11-16(14)20(22-19(13)15)17-8-3-4-12-18(17)21/h3-10,12,14,16,20,22H,2,11H2,1H3/t14-,16-,20-/m0/s1. The second kappa shape index (κ2) is 5.48. The van der Waals surface area contributed by atoms with Crippen molar-refractivity contribution in [2.45, 2.75) is 31.7 Å². The van der Waals surface area contributed by atoms with E-state index in [1.807, 2.05) is 12.1 Å². The summed E-state index contributed by atoms with van der Waals surface area (Å²) in [5.74, 6) is 1.06. The molecule has 0 radical (unpaired) electrons. The molecule has 0 amide bonds. The summed E-state index contributed by atoms with van der Waals surface area (Å²) in [7, 11) is 0. The van der Waals surface area contributed by atoms with Crippen molar-refractivity contribution in [1.29, 1.82) is 0 Å². The number of hydrogen-bond donors (Lipinski definition) is 1. The third-order valence-electron chi connectivity index (χ3n) is 5.10. The van der Waals surface area contributed by atoms with Gasteiger partial charge in [0.15, 0.2) is 0 Å². The number of anilines is 1. The zero-order valence-corrected chi connectivity index (χ0v) is 13.5. The monoisotopic (exact) mass is 309 g/mol. The van der Waals surface area contributed by atoms with Crippen LogP contribution in [0, 0.1) is 5.92 Å². The Labute approximate surface area is 137 Å². The Morgan fingerprint density at radius 1 is 1.09 bits per heavy atom. The zero-order chi connectivity index (χ0) is 15.1. The van der Waals surface area contributed by atoms with Crippen LogP contribution in [0.25, 0.3) is 0 Å². The number of nitrogens with one attached hydrogen (secondary N) is 1. The van der Waals surface area contributed by atoms with Crippen LogP contribution in [0.2, 0.25) is 5.02 Å². The van der Waals surface area contributed by atoms with Crippen LogP contribution >= 0.6 is 11.6 Å². The largest absolute Gasteiger partial charge is 0.377 e. The van der Waals surface area contributed by atoms with Gasteiger partial charge >= 0.3 is 0 Å². The number of para-hydroxylation sites is 1. The molecule has 0 aromatic heterocycles. The van der Waals surface area contributed by atoms with Crippen molar-refractivity contribution < 1.29 is 0 Å². The molecule has 2 aromatic carbocycles. The highest BCUT2D eigenvalue weighted by molar-refractivity contribution is 6.31. The van der Waals surface area contributed by atoms with Crippen LogP contribution < -0.4 is 5.32 Å². The van der Waals surface area contributed by atoms with Gasteiger partial charge < -0.3 is 5.32 Å². The minimum atomic E-state index is 0.286. The van der Waals surface area contributed by atoms with Gasteiger partial charge in [-0.05, 0) is 41.5 Å². The predicted molar refractivity (Wildman–Crippen MR) is 93.6 cm³/mol. The molecule has 3 atom stereocenters. The molecule has 0 bridgehead atoms. The van der Waals surface area contributed by atoms with Gasteiger partial charge in [-0.1, -0.05) is 67.1 Å². The van der Waals surface area contributed by atoms with E-state index >= 15 is 0 Å². The highest BCUT2D eigenvalue weighted by atomic mass is 35.5. The summed E-state index contributed by atoms with van der Waals surface area (Å²) >= 11 is 6.49. The minimum Gasteiger partial charge on any atom is -0.377 e. The zero-order valence-electron chi connectivity index (χ0n) is 12.7. The lowest BCUT2D eigenvalue weighted by atomic mass is 9.76. The third kappa shape index (κ3) is 2.07. The molecular formula is C20H20ClN. The lowest BCUT2D eigenvalue weighted by Crippen LogP contribution is -2.30. The lowest BCUT2D eigenvalue weighted by molar-refractivity contribution is 0.425. The second-order valence-electron chi connectivity index (χ2n) is 6.23. The normalized spacial score (nSPS) is 25.5. The third-order valence-corrected chi connectivity index (χ3v) is 5.45. The van der Waals surface area contributed by atoms with E-state index in [-0.39, 0.29) is 6.04 Å². The van der Waals surface area contributed by atoms with Crippen molar-refractivity contribution in [2.75, 3.05) is 5.32 Å². The van der Waals surface area contributed by atoms with E-state index in [0.717, 1.165) is 17.9 Å². The number of rotatable bonds is 2. The van der Waals surface area contributed by atoms with Crippen molar-refractivity contribution in [3.05, 3.63) is 76.3 Å².